The van der Waals surface area contributed by atoms with Crippen molar-refractivity contribution in [2.45, 2.75) is 38.8 Å². The van der Waals surface area contributed by atoms with Crippen LogP contribution in [0.25, 0.3) is 0 Å². The summed E-state index contributed by atoms with van der Waals surface area (Å²) >= 11 is 0. The second-order valence-electron chi connectivity index (χ2n) is 7.55. The molecule has 152 valence electrons. The molecule has 6 nitrogen and oxygen atoms in total. The summed E-state index contributed by atoms with van der Waals surface area (Å²) in [5, 5.41) is 12.2. The third-order valence-electron chi connectivity index (χ3n) is 5.54. The molecule has 0 aliphatic carbocycles. The number of hydrogen-bond donors (Lipinski definition) is 2. The van der Waals surface area contributed by atoms with Crippen LogP contribution in [0.5, 0.6) is 0 Å². The molecule has 1 aliphatic rings. The number of carbonyl (C=O) groups excluding carboxylic acids is 2. The molecule has 3 atom stereocenters. The van der Waals surface area contributed by atoms with Gasteiger partial charge in [0, 0.05) is 13.0 Å². The van der Waals surface area contributed by atoms with Crippen molar-refractivity contribution in [3.05, 3.63) is 71.3 Å². The summed E-state index contributed by atoms with van der Waals surface area (Å²) in [5.41, 5.74) is 2.72. The minimum atomic E-state index is -0.986. The van der Waals surface area contributed by atoms with E-state index >= 15 is 0 Å². The molecule has 2 N–H and O–H groups in total. The Kier molecular flexibility index (Phi) is 6.32. The quantitative estimate of drug-likeness (QED) is 0.755. The zero-order chi connectivity index (χ0) is 21.0. The predicted molar refractivity (Wildman–Crippen MR) is 109 cm³/mol. The van der Waals surface area contributed by atoms with E-state index in [0.717, 1.165) is 16.7 Å². The summed E-state index contributed by atoms with van der Waals surface area (Å²) in [6.07, 6.45) is -0.0715. The summed E-state index contributed by atoms with van der Waals surface area (Å²) in [6.45, 7) is 4.17. The van der Waals surface area contributed by atoms with Gasteiger partial charge in [0.05, 0.1) is 24.4 Å². The topological polar surface area (TPSA) is 86.7 Å². The van der Waals surface area contributed by atoms with Crippen molar-refractivity contribution in [2.75, 3.05) is 6.54 Å². The minimum Gasteiger partial charge on any atom is -0.481 e. The SMILES string of the molecule is Cc1ccccc1C(CC(=O)O)NC(=O)C1CC(=O)N(C(C)c2ccccc2)C1. The number of hydrogen-bond acceptors (Lipinski definition) is 3. The summed E-state index contributed by atoms with van der Waals surface area (Å²) in [6, 6.07) is 16.4. The van der Waals surface area contributed by atoms with Gasteiger partial charge in [-0.2, -0.15) is 0 Å². The van der Waals surface area contributed by atoms with Gasteiger partial charge in [0.15, 0.2) is 0 Å². The van der Waals surface area contributed by atoms with Crippen LogP contribution in [0.4, 0.5) is 0 Å². The molecule has 1 fully saturated rings. The molecular weight excluding hydrogens is 368 g/mol. The van der Waals surface area contributed by atoms with Crippen LogP contribution >= 0.6 is 0 Å². The number of nitrogens with one attached hydrogen (secondary N) is 1. The fraction of sp³-hybridized carbons (Fsp3) is 0.348. The van der Waals surface area contributed by atoms with E-state index in [1.165, 1.54) is 0 Å². The van der Waals surface area contributed by atoms with E-state index in [4.69, 9.17) is 0 Å². The van der Waals surface area contributed by atoms with Crippen LogP contribution in [0.3, 0.4) is 0 Å². The molecule has 6 heteroatoms. The van der Waals surface area contributed by atoms with Crippen LogP contribution in [0.15, 0.2) is 54.6 Å². The maximum Gasteiger partial charge on any atom is 0.305 e. The lowest BCUT2D eigenvalue weighted by Gasteiger charge is -2.25. The molecule has 3 unspecified atom stereocenters. The first-order chi connectivity index (χ1) is 13.9. The molecule has 1 aliphatic heterocycles. The van der Waals surface area contributed by atoms with Crippen LogP contribution in [-0.4, -0.2) is 34.3 Å². The Labute approximate surface area is 170 Å². The van der Waals surface area contributed by atoms with Crippen LogP contribution in [0.2, 0.25) is 0 Å². The molecular formula is C23H26N2O4. The zero-order valence-electron chi connectivity index (χ0n) is 16.7. The van der Waals surface area contributed by atoms with Crippen LogP contribution < -0.4 is 5.32 Å². The molecule has 1 heterocycles. The Balaban J connectivity index is 1.71. The van der Waals surface area contributed by atoms with Gasteiger partial charge in [0.2, 0.25) is 11.8 Å². The number of aryl methyl sites for hydroxylation is 1. The normalized spacial score (nSPS) is 18.3. The van der Waals surface area contributed by atoms with Crippen molar-refractivity contribution in [1.29, 1.82) is 0 Å². The fourth-order valence-corrected chi connectivity index (χ4v) is 3.87. The highest BCUT2D eigenvalue weighted by Gasteiger charge is 2.37. The number of amides is 2. The van der Waals surface area contributed by atoms with Gasteiger partial charge < -0.3 is 15.3 Å². The van der Waals surface area contributed by atoms with Gasteiger partial charge in [-0.3, -0.25) is 14.4 Å². The van der Waals surface area contributed by atoms with E-state index in [-0.39, 0.29) is 30.7 Å². The van der Waals surface area contributed by atoms with Crippen LogP contribution in [0.1, 0.15) is 48.5 Å². The summed E-state index contributed by atoms with van der Waals surface area (Å²) in [5.74, 6) is -1.82. The average Bonchev–Trinajstić information content (AvgIpc) is 3.09. The smallest absolute Gasteiger partial charge is 0.305 e. The van der Waals surface area contributed by atoms with Gasteiger partial charge in [0.1, 0.15) is 0 Å². The first kappa shape index (κ1) is 20.6. The largest absolute Gasteiger partial charge is 0.481 e. The second-order valence-corrected chi connectivity index (χ2v) is 7.55. The molecule has 0 aromatic heterocycles. The molecule has 3 rings (SSSR count). The van der Waals surface area contributed by atoms with E-state index in [0.29, 0.717) is 6.54 Å². The highest BCUT2D eigenvalue weighted by atomic mass is 16.4. The molecule has 0 saturated carbocycles. The monoisotopic (exact) mass is 394 g/mol. The second kappa shape index (κ2) is 8.90. The maximum absolute atomic E-state index is 12.9. The molecule has 0 spiro atoms. The molecule has 1 saturated heterocycles. The van der Waals surface area contributed by atoms with Crippen molar-refractivity contribution < 1.29 is 19.5 Å². The number of likely N-dealkylation sites (tertiary alicyclic amines) is 1. The van der Waals surface area contributed by atoms with Crippen molar-refractivity contribution in [3.8, 4) is 0 Å². The van der Waals surface area contributed by atoms with Crippen molar-refractivity contribution in [1.82, 2.24) is 10.2 Å². The maximum atomic E-state index is 12.9. The predicted octanol–water partition coefficient (Wildman–Crippen LogP) is 3.24. The van der Waals surface area contributed by atoms with E-state index in [1.807, 2.05) is 68.4 Å². The van der Waals surface area contributed by atoms with Gasteiger partial charge in [0.25, 0.3) is 0 Å². The lowest BCUT2D eigenvalue weighted by molar-refractivity contribution is -0.138. The number of carboxylic acids is 1. The van der Waals surface area contributed by atoms with E-state index in [1.54, 1.807) is 4.90 Å². The van der Waals surface area contributed by atoms with E-state index in [2.05, 4.69) is 5.32 Å². The van der Waals surface area contributed by atoms with Gasteiger partial charge in [-0.1, -0.05) is 54.6 Å². The lowest BCUT2D eigenvalue weighted by atomic mass is 9.97. The number of carbonyl (C=O) groups is 3. The summed E-state index contributed by atoms with van der Waals surface area (Å²) in [4.78, 5) is 38.5. The van der Waals surface area contributed by atoms with Gasteiger partial charge in [-0.25, -0.2) is 0 Å². The Morgan fingerprint density at radius 3 is 2.45 bits per heavy atom. The number of rotatable bonds is 7. The summed E-state index contributed by atoms with van der Waals surface area (Å²) < 4.78 is 0. The van der Waals surface area contributed by atoms with Gasteiger partial charge >= 0.3 is 5.97 Å². The third kappa shape index (κ3) is 4.83. The highest BCUT2D eigenvalue weighted by Crippen LogP contribution is 2.29. The average molecular weight is 394 g/mol. The minimum absolute atomic E-state index is 0.0628. The van der Waals surface area contributed by atoms with Crippen molar-refractivity contribution in [2.24, 2.45) is 5.92 Å². The lowest BCUT2D eigenvalue weighted by Crippen LogP contribution is -2.37. The zero-order valence-corrected chi connectivity index (χ0v) is 16.7. The van der Waals surface area contributed by atoms with E-state index < -0.39 is 17.9 Å². The Bertz CT molecular complexity index is 897. The number of carboxylic acid groups (broad SMARTS) is 1. The first-order valence-corrected chi connectivity index (χ1v) is 9.79. The van der Waals surface area contributed by atoms with Crippen LogP contribution in [0, 0.1) is 12.8 Å². The number of nitrogens with zero attached hydrogens (tertiary/aromatic N) is 1. The number of aliphatic carboxylic acids is 1. The Hall–Kier alpha value is -3.15. The van der Waals surface area contributed by atoms with Gasteiger partial charge in [-0.05, 0) is 30.5 Å². The van der Waals surface area contributed by atoms with Crippen molar-refractivity contribution in [3.63, 3.8) is 0 Å². The molecule has 2 aromatic rings. The molecule has 0 radical (unpaired) electrons. The molecule has 29 heavy (non-hydrogen) atoms. The first-order valence-electron chi connectivity index (χ1n) is 9.79. The molecule has 2 amide bonds. The Morgan fingerprint density at radius 1 is 1.14 bits per heavy atom. The summed E-state index contributed by atoms with van der Waals surface area (Å²) in [7, 11) is 0. The highest BCUT2D eigenvalue weighted by molar-refractivity contribution is 5.90. The molecule has 0 bridgehead atoms. The Morgan fingerprint density at radius 2 is 1.79 bits per heavy atom. The third-order valence-corrected chi connectivity index (χ3v) is 5.54. The molecule has 2 aromatic carbocycles. The van der Waals surface area contributed by atoms with Gasteiger partial charge in [-0.15, -0.1) is 0 Å². The fourth-order valence-electron chi connectivity index (χ4n) is 3.87. The van der Waals surface area contributed by atoms with E-state index in [9.17, 15) is 19.5 Å². The van der Waals surface area contributed by atoms with Crippen molar-refractivity contribution >= 4 is 17.8 Å². The standard InChI is InChI=1S/C23H26N2O4/c1-15-8-6-7-11-19(15)20(13-22(27)28)24-23(29)18-12-21(26)25(14-18)16(2)17-9-4-3-5-10-17/h3-11,16,18,20H,12-14H2,1-2H3,(H,24,29)(H,27,28). The number of benzene rings is 2. The van der Waals surface area contributed by atoms with Crippen LogP contribution in [-0.2, 0) is 14.4 Å².